The molecule has 13 nitrogen and oxygen atoms in total. The predicted octanol–water partition coefficient (Wildman–Crippen LogP) is 10.1. The van der Waals surface area contributed by atoms with Crippen molar-refractivity contribution < 1.29 is 62.9 Å². The fourth-order valence-corrected chi connectivity index (χ4v) is 14.6. The minimum Gasteiger partial charge on any atom is -0.462 e. The molecular weight excluding hydrogens is 917 g/mol. The van der Waals surface area contributed by atoms with Crippen molar-refractivity contribution >= 4 is 17.9 Å². The molecule has 72 heavy (non-hydrogen) atoms. The standard InChI is InChI=1S/C59H82O13/c1-6-7-8-9-10-11-12-13-14-15-16-17-28-35-45(61)66-37-56-51(69-56)47-50-55(38(2)3)36-44(67-52(62)41-30-23-20-24-31-41)58(47)48-46(39(4)29-22-18-19-27-34-43(60)59(70-50,71-55)72-58)40(5)49(57(48,65)54(56)64)68-53(63)42-32-25-21-26-33-42/h20-21,23-26,30-33,39-40,43-44,46-51,54,60,64-65H,2,6-19,22,27-29,34-37H2,1,3-5H3/t39-,40+,43+,44-,46+,47-,48+,49-,50+,51-,54+,55+,56-,57+,58+,59+/m0/s1. The molecule has 13 heteroatoms. The first-order valence-electron chi connectivity index (χ1n) is 27.9. The summed E-state index contributed by atoms with van der Waals surface area (Å²) in [5.74, 6) is -7.37. The van der Waals surface area contributed by atoms with Crippen molar-refractivity contribution in [2.24, 2.45) is 29.6 Å². The van der Waals surface area contributed by atoms with Crippen molar-refractivity contribution in [3.63, 3.8) is 0 Å². The van der Waals surface area contributed by atoms with E-state index < -0.39 is 113 Å². The van der Waals surface area contributed by atoms with Crippen LogP contribution in [0, 0.1) is 29.6 Å². The molecule has 0 aromatic heterocycles. The van der Waals surface area contributed by atoms with Crippen molar-refractivity contribution in [2.75, 3.05) is 6.61 Å². The summed E-state index contributed by atoms with van der Waals surface area (Å²) in [4.78, 5) is 42.8. The van der Waals surface area contributed by atoms with E-state index in [-0.39, 0.29) is 36.3 Å². The van der Waals surface area contributed by atoms with Crippen LogP contribution in [0.5, 0.6) is 0 Å². The molecule has 2 aromatic carbocycles. The minimum atomic E-state index is -2.39. The molecule has 16 atom stereocenters. The number of epoxide rings is 1. The molecule has 7 fully saturated rings. The first-order chi connectivity index (χ1) is 34.7. The highest BCUT2D eigenvalue weighted by atomic mass is 16.9. The number of hydrogen-bond donors (Lipinski definition) is 3. The Morgan fingerprint density at radius 2 is 1.29 bits per heavy atom. The van der Waals surface area contributed by atoms with Gasteiger partial charge < -0.3 is 48.5 Å². The first kappa shape index (κ1) is 53.1. The molecule has 3 aliphatic carbocycles. The average Bonchev–Trinajstić information content (AvgIpc) is 4.00. The lowest BCUT2D eigenvalue weighted by molar-refractivity contribution is -0.460. The molecule has 9 rings (SSSR count). The van der Waals surface area contributed by atoms with E-state index in [0.717, 1.165) is 44.9 Å². The van der Waals surface area contributed by atoms with E-state index in [9.17, 15) is 29.7 Å². The Labute approximate surface area is 427 Å². The van der Waals surface area contributed by atoms with Gasteiger partial charge in [-0.05, 0) is 67.4 Å². The van der Waals surface area contributed by atoms with Crippen LogP contribution in [-0.4, -0.2) is 105 Å². The maximum atomic E-state index is 14.6. The number of rotatable bonds is 21. The van der Waals surface area contributed by atoms with Gasteiger partial charge in [0.1, 0.15) is 60.0 Å². The number of ether oxygens (including phenoxy) is 7. The number of unbranched alkanes of at least 4 members (excludes halogenated alkanes) is 12. The number of carbonyl (C=O) groups excluding carboxylic acids is 3. The zero-order valence-electron chi connectivity index (χ0n) is 43.3. The number of esters is 3. The van der Waals surface area contributed by atoms with Gasteiger partial charge >= 0.3 is 23.9 Å². The van der Waals surface area contributed by atoms with E-state index in [1.54, 1.807) is 60.7 Å². The summed E-state index contributed by atoms with van der Waals surface area (Å²) in [6.45, 7) is 12.1. The molecular formula is C59H82O13. The second-order valence-electron chi connectivity index (χ2n) is 22.9. The SMILES string of the molecule is C=C(C)[C@]12C[C@H](OC(=O)c3ccccc3)[C@@]34O[C@]5(O[C@@H]1[C@H]3[C@@H]1O[C@]1(COC(=O)CCCCCCCCCCCCCCC)[C@@H](O)[C@@]1(O)[C@H]4[C@@H]([C@@H](C)[C@@H]1OC(=O)c1ccccc1)[C@@H](C)CCCCCC[C@H]5O)O2. The van der Waals surface area contributed by atoms with Gasteiger partial charge in [-0.3, -0.25) is 4.79 Å². The fourth-order valence-electron chi connectivity index (χ4n) is 14.6. The molecule has 0 radical (unpaired) electrons. The van der Waals surface area contributed by atoms with Gasteiger partial charge in [0, 0.05) is 18.8 Å². The maximum Gasteiger partial charge on any atom is 0.338 e. The van der Waals surface area contributed by atoms with Gasteiger partial charge in [-0.2, -0.15) is 0 Å². The Morgan fingerprint density at radius 1 is 0.722 bits per heavy atom. The summed E-state index contributed by atoms with van der Waals surface area (Å²) >= 11 is 0. The third-order valence-corrected chi connectivity index (χ3v) is 18.3. The average molecular weight is 999 g/mol. The van der Waals surface area contributed by atoms with Gasteiger partial charge in [0.15, 0.2) is 5.60 Å². The third kappa shape index (κ3) is 9.42. The molecule has 3 N–H and O–H groups in total. The summed E-state index contributed by atoms with van der Waals surface area (Å²) in [5.41, 5.74) is -6.30. The number of aliphatic hydroxyl groups excluding tert-OH is 2. The Bertz CT molecular complexity index is 2210. The van der Waals surface area contributed by atoms with Crippen LogP contribution < -0.4 is 0 Å². The van der Waals surface area contributed by atoms with Gasteiger partial charge in [0.25, 0.3) is 0 Å². The monoisotopic (exact) mass is 999 g/mol. The van der Waals surface area contributed by atoms with E-state index in [1.165, 1.54) is 57.8 Å². The van der Waals surface area contributed by atoms with E-state index >= 15 is 0 Å². The summed E-state index contributed by atoms with van der Waals surface area (Å²) in [6, 6.07) is 17.2. The van der Waals surface area contributed by atoms with Crippen molar-refractivity contribution in [1.29, 1.82) is 0 Å². The fraction of sp³-hybridized carbons (Fsp3) is 0.712. The van der Waals surface area contributed by atoms with Crippen LogP contribution in [0.4, 0.5) is 0 Å². The van der Waals surface area contributed by atoms with Crippen LogP contribution in [0.25, 0.3) is 0 Å². The van der Waals surface area contributed by atoms with Crippen LogP contribution in [0.1, 0.15) is 183 Å². The zero-order chi connectivity index (χ0) is 50.9. The quantitative estimate of drug-likeness (QED) is 0.0354. The van der Waals surface area contributed by atoms with Gasteiger partial charge in [-0.15, -0.1) is 0 Å². The first-order valence-corrected chi connectivity index (χ1v) is 27.9. The lowest BCUT2D eigenvalue weighted by Gasteiger charge is -2.61. The predicted molar refractivity (Wildman–Crippen MR) is 268 cm³/mol. The highest BCUT2D eigenvalue weighted by Crippen LogP contribution is 2.75. The Balaban J connectivity index is 1.08. The van der Waals surface area contributed by atoms with Crippen molar-refractivity contribution in [1.82, 2.24) is 0 Å². The number of hydrogen-bond acceptors (Lipinski definition) is 13. The van der Waals surface area contributed by atoms with Crippen molar-refractivity contribution in [3.05, 3.63) is 83.9 Å². The Morgan fingerprint density at radius 3 is 1.89 bits per heavy atom. The van der Waals surface area contributed by atoms with Crippen molar-refractivity contribution in [3.8, 4) is 0 Å². The molecule has 3 saturated carbocycles. The van der Waals surface area contributed by atoms with E-state index in [4.69, 9.17) is 33.2 Å². The van der Waals surface area contributed by atoms with E-state index in [0.29, 0.717) is 18.4 Å². The normalized spacial score (nSPS) is 39.3. The summed E-state index contributed by atoms with van der Waals surface area (Å²) < 4.78 is 48.0. The highest BCUT2D eigenvalue weighted by Gasteiger charge is 2.92. The number of fused-ring (bicyclic) bond motifs is 1. The third-order valence-electron chi connectivity index (χ3n) is 18.3. The summed E-state index contributed by atoms with van der Waals surface area (Å²) in [6.07, 6.45) is 11.8. The van der Waals surface area contributed by atoms with E-state index in [2.05, 4.69) is 20.4 Å². The van der Waals surface area contributed by atoms with Crippen LogP contribution in [0.2, 0.25) is 0 Å². The highest BCUT2D eigenvalue weighted by molar-refractivity contribution is 5.90. The number of benzene rings is 2. The lowest BCUT2D eigenvalue weighted by atomic mass is 9.54. The minimum absolute atomic E-state index is 0.0308. The molecule has 7 aliphatic rings. The van der Waals surface area contributed by atoms with Crippen LogP contribution in [0.3, 0.4) is 0 Å². The number of aliphatic hydroxyl groups is 3. The van der Waals surface area contributed by atoms with Gasteiger partial charge in [0.2, 0.25) is 0 Å². The molecule has 4 aliphatic heterocycles. The Hall–Kier alpha value is -3.69. The maximum absolute atomic E-state index is 14.6. The second-order valence-corrected chi connectivity index (χ2v) is 22.9. The smallest absolute Gasteiger partial charge is 0.338 e. The lowest BCUT2D eigenvalue weighted by Crippen LogP contribution is -2.77. The van der Waals surface area contributed by atoms with Gasteiger partial charge in [-0.25, -0.2) is 9.59 Å². The Kier molecular flexibility index (Phi) is 16.1. The topological polar surface area (TPSA) is 180 Å². The van der Waals surface area contributed by atoms with E-state index in [1.807, 2.05) is 13.8 Å². The zero-order valence-corrected chi connectivity index (χ0v) is 43.3. The van der Waals surface area contributed by atoms with Crippen LogP contribution in [-0.2, 0) is 38.0 Å². The largest absolute Gasteiger partial charge is 0.462 e. The second kappa shape index (κ2) is 21.9. The summed E-state index contributed by atoms with van der Waals surface area (Å²) in [7, 11) is 0. The number of carbonyl (C=O) groups is 3. The van der Waals surface area contributed by atoms with Crippen molar-refractivity contribution in [2.45, 2.75) is 228 Å². The molecule has 0 amide bonds. The molecule has 0 unspecified atom stereocenters. The van der Waals surface area contributed by atoms with Crippen LogP contribution in [0.15, 0.2) is 72.8 Å². The van der Waals surface area contributed by atoms with Crippen LogP contribution >= 0.6 is 0 Å². The van der Waals surface area contributed by atoms with Gasteiger partial charge in [-0.1, -0.05) is 173 Å². The van der Waals surface area contributed by atoms with Gasteiger partial charge in [0.05, 0.1) is 17.0 Å². The molecule has 4 heterocycles. The molecule has 3 bridgehead atoms. The molecule has 4 saturated heterocycles. The molecule has 396 valence electrons. The molecule has 2 spiro atoms. The molecule has 2 aromatic rings. The summed E-state index contributed by atoms with van der Waals surface area (Å²) in [5, 5.41) is 40.2.